The van der Waals surface area contributed by atoms with Crippen LogP contribution in [0.4, 0.5) is 4.39 Å². The fourth-order valence-corrected chi connectivity index (χ4v) is 1.59. The molecule has 0 bridgehead atoms. The lowest BCUT2D eigenvalue weighted by Crippen LogP contribution is -1.98. The highest BCUT2D eigenvalue weighted by Crippen LogP contribution is 2.19. The highest BCUT2D eigenvalue weighted by Gasteiger charge is 2.05. The number of nitriles is 1. The average molecular weight is 257 g/mol. The van der Waals surface area contributed by atoms with E-state index in [9.17, 15) is 4.39 Å². The van der Waals surface area contributed by atoms with E-state index < -0.39 is 5.82 Å². The lowest BCUT2D eigenvalue weighted by atomic mass is 10.1. The molecule has 0 saturated carbocycles. The minimum absolute atomic E-state index is 0.00854. The molecule has 0 fully saturated rings. The lowest BCUT2D eigenvalue weighted by molar-refractivity contribution is 0.280. The van der Waals surface area contributed by atoms with Gasteiger partial charge in [0.1, 0.15) is 6.61 Å². The summed E-state index contributed by atoms with van der Waals surface area (Å²) in [4.78, 5) is 0. The number of halogens is 1. The molecule has 2 aromatic rings. The zero-order valence-corrected chi connectivity index (χ0v) is 10.1. The van der Waals surface area contributed by atoms with Gasteiger partial charge in [-0.15, -0.1) is 0 Å². The van der Waals surface area contributed by atoms with E-state index in [2.05, 4.69) is 0 Å². The van der Waals surface area contributed by atoms with Crippen molar-refractivity contribution in [3.05, 3.63) is 65.0 Å². The zero-order valence-electron chi connectivity index (χ0n) is 10.1. The third-order valence-electron chi connectivity index (χ3n) is 2.66. The molecule has 0 aromatic heterocycles. The number of hydrogen-bond acceptors (Lipinski definition) is 3. The summed E-state index contributed by atoms with van der Waals surface area (Å²) in [5, 5.41) is 17.5. The second-order valence-corrected chi connectivity index (χ2v) is 4.02. The van der Waals surface area contributed by atoms with Crippen LogP contribution >= 0.6 is 0 Å². The summed E-state index contributed by atoms with van der Waals surface area (Å²) < 4.78 is 18.9. The average Bonchev–Trinajstić information content (AvgIpc) is 2.46. The van der Waals surface area contributed by atoms with Crippen molar-refractivity contribution in [1.82, 2.24) is 0 Å². The van der Waals surface area contributed by atoms with Crippen LogP contribution in [0.3, 0.4) is 0 Å². The van der Waals surface area contributed by atoms with E-state index in [1.165, 1.54) is 12.1 Å². The molecule has 0 aliphatic heterocycles. The van der Waals surface area contributed by atoms with Gasteiger partial charge in [0.2, 0.25) is 0 Å². The van der Waals surface area contributed by atoms with Gasteiger partial charge >= 0.3 is 0 Å². The monoisotopic (exact) mass is 257 g/mol. The number of nitrogens with zero attached hydrogens (tertiary/aromatic N) is 1. The van der Waals surface area contributed by atoms with Gasteiger partial charge in [-0.2, -0.15) is 5.26 Å². The van der Waals surface area contributed by atoms with Crippen molar-refractivity contribution in [1.29, 1.82) is 5.26 Å². The molecule has 0 atom stereocenters. The SMILES string of the molecule is N#Cc1ccc(OCc2ccc(CO)cc2)c(F)c1. The first-order valence-corrected chi connectivity index (χ1v) is 5.74. The summed E-state index contributed by atoms with van der Waals surface area (Å²) in [5.74, 6) is -0.434. The molecule has 2 rings (SSSR count). The molecule has 1 N–H and O–H groups in total. The Labute approximate surface area is 110 Å². The Morgan fingerprint density at radius 2 is 1.79 bits per heavy atom. The van der Waals surface area contributed by atoms with Crippen LogP contribution in [0.25, 0.3) is 0 Å². The van der Waals surface area contributed by atoms with Gasteiger partial charge in [-0.25, -0.2) is 4.39 Å². The number of ether oxygens (including phenoxy) is 1. The van der Waals surface area contributed by atoms with E-state index >= 15 is 0 Å². The van der Waals surface area contributed by atoms with Crippen molar-refractivity contribution in [3.63, 3.8) is 0 Å². The fourth-order valence-electron chi connectivity index (χ4n) is 1.59. The Morgan fingerprint density at radius 3 is 2.37 bits per heavy atom. The quantitative estimate of drug-likeness (QED) is 0.916. The number of hydrogen-bond donors (Lipinski definition) is 1. The third-order valence-corrected chi connectivity index (χ3v) is 2.66. The van der Waals surface area contributed by atoms with E-state index in [0.717, 1.165) is 17.2 Å². The molecule has 2 aromatic carbocycles. The van der Waals surface area contributed by atoms with Crippen molar-refractivity contribution in [2.75, 3.05) is 0 Å². The van der Waals surface area contributed by atoms with Crippen LogP contribution < -0.4 is 4.74 Å². The van der Waals surface area contributed by atoms with E-state index in [1.807, 2.05) is 18.2 Å². The predicted molar refractivity (Wildman–Crippen MR) is 67.8 cm³/mol. The molecule has 4 heteroatoms. The molecule has 0 amide bonds. The van der Waals surface area contributed by atoms with Gasteiger partial charge in [0.25, 0.3) is 0 Å². The Balaban J connectivity index is 2.04. The molecular weight excluding hydrogens is 245 g/mol. The summed E-state index contributed by atoms with van der Waals surface area (Å²) in [6, 6.07) is 13.1. The number of benzene rings is 2. The van der Waals surface area contributed by atoms with E-state index in [-0.39, 0.29) is 24.5 Å². The highest BCUT2D eigenvalue weighted by molar-refractivity contribution is 5.36. The van der Waals surface area contributed by atoms with Gasteiger partial charge in [-0.05, 0) is 29.3 Å². The highest BCUT2D eigenvalue weighted by atomic mass is 19.1. The molecule has 0 spiro atoms. The predicted octanol–water partition coefficient (Wildman–Crippen LogP) is 2.77. The first-order chi connectivity index (χ1) is 9.22. The maximum Gasteiger partial charge on any atom is 0.166 e. The van der Waals surface area contributed by atoms with Crippen molar-refractivity contribution in [2.24, 2.45) is 0 Å². The van der Waals surface area contributed by atoms with Gasteiger partial charge < -0.3 is 9.84 Å². The zero-order chi connectivity index (χ0) is 13.7. The number of rotatable bonds is 4. The van der Waals surface area contributed by atoms with Gasteiger partial charge in [0.05, 0.1) is 18.2 Å². The van der Waals surface area contributed by atoms with Crippen LogP contribution in [0.1, 0.15) is 16.7 Å². The van der Waals surface area contributed by atoms with Crippen LogP contribution in [-0.2, 0) is 13.2 Å². The van der Waals surface area contributed by atoms with E-state index in [1.54, 1.807) is 12.1 Å². The molecule has 0 saturated heterocycles. The molecule has 0 aliphatic carbocycles. The van der Waals surface area contributed by atoms with Gasteiger partial charge in [-0.3, -0.25) is 0 Å². The van der Waals surface area contributed by atoms with Crippen LogP contribution in [0.2, 0.25) is 0 Å². The number of aliphatic hydroxyl groups is 1. The van der Waals surface area contributed by atoms with Crippen molar-refractivity contribution in [2.45, 2.75) is 13.2 Å². The van der Waals surface area contributed by atoms with Crippen molar-refractivity contribution in [3.8, 4) is 11.8 Å². The second-order valence-electron chi connectivity index (χ2n) is 4.02. The Bertz CT molecular complexity index is 603. The molecule has 0 heterocycles. The molecule has 96 valence electrons. The maximum absolute atomic E-state index is 13.5. The summed E-state index contributed by atoms with van der Waals surface area (Å²) in [5.41, 5.74) is 1.95. The second kappa shape index (κ2) is 5.98. The molecular formula is C15H12FNO2. The standard InChI is InChI=1S/C15H12FNO2/c16-14-7-13(8-17)5-6-15(14)19-10-12-3-1-11(9-18)2-4-12/h1-7,18H,9-10H2. The first-order valence-electron chi connectivity index (χ1n) is 5.74. The van der Waals surface area contributed by atoms with Crippen LogP contribution in [0, 0.1) is 17.1 Å². The topological polar surface area (TPSA) is 53.2 Å². The minimum atomic E-state index is -0.550. The molecule has 0 aliphatic rings. The summed E-state index contributed by atoms with van der Waals surface area (Å²) in [6.45, 7) is 0.222. The molecule has 3 nitrogen and oxygen atoms in total. The van der Waals surface area contributed by atoms with E-state index in [4.69, 9.17) is 15.1 Å². The van der Waals surface area contributed by atoms with Crippen molar-refractivity contribution >= 4 is 0 Å². The summed E-state index contributed by atoms with van der Waals surface area (Å²) in [7, 11) is 0. The Hall–Kier alpha value is -2.38. The van der Waals surface area contributed by atoms with Crippen LogP contribution in [0.15, 0.2) is 42.5 Å². The first kappa shape index (κ1) is 13.1. The molecule has 0 unspecified atom stereocenters. The van der Waals surface area contributed by atoms with Crippen molar-refractivity contribution < 1.29 is 14.2 Å². The number of aliphatic hydroxyl groups excluding tert-OH is 1. The lowest BCUT2D eigenvalue weighted by Gasteiger charge is -2.07. The summed E-state index contributed by atoms with van der Waals surface area (Å²) in [6.07, 6.45) is 0. The van der Waals surface area contributed by atoms with Crippen LogP contribution in [-0.4, -0.2) is 5.11 Å². The van der Waals surface area contributed by atoms with Crippen LogP contribution in [0.5, 0.6) is 5.75 Å². The normalized spacial score (nSPS) is 9.95. The summed E-state index contributed by atoms with van der Waals surface area (Å²) >= 11 is 0. The maximum atomic E-state index is 13.5. The largest absolute Gasteiger partial charge is 0.486 e. The van der Waals surface area contributed by atoms with Gasteiger partial charge in [0.15, 0.2) is 11.6 Å². The third kappa shape index (κ3) is 3.30. The van der Waals surface area contributed by atoms with E-state index in [0.29, 0.717) is 0 Å². The van der Waals surface area contributed by atoms with Gasteiger partial charge in [-0.1, -0.05) is 24.3 Å². The smallest absolute Gasteiger partial charge is 0.166 e. The van der Waals surface area contributed by atoms with Gasteiger partial charge in [0, 0.05) is 0 Å². The molecule has 19 heavy (non-hydrogen) atoms. The Morgan fingerprint density at radius 1 is 1.11 bits per heavy atom. The molecule has 0 radical (unpaired) electrons. The minimum Gasteiger partial charge on any atom is -0.486 e. The fraction of sp³-hybridized carbons (Fsp3) is 0.133. The Kier molecular flexibility index (Phi) is 4.11.